The second kappa shape index (κ2) is 6.37. The average molecular weight is 252 g/mol. The van der Waals surface area contributed by atoms with E-state index in [1.807, 2.05) is 0 Å². The molecule has 1 heterocycles. The molecule has 18 heavy (non-hydrogen) atoms. The summed E-state index contributed by atoms with van der Waals surface area (Å²) in [6.45, 7) is 10.0. The number of hydrogen-bond donors (Lipinski definition) is 2. The lowest BCUT2D eigenvalue weighted by Gasteiger charge is -2.23. The molecule has 1 aromatic rings. The fraction of sp³-hybridized carbons (Fsp3) is 0.750. The molecule has 0 atom stereocenters. The predicted octanol–water partition coefficient (Wildman–Crippen LogP) is 0.804. The van der Waals surface area contributed by atoms with Crippen LogP contribution in [0.2, 0.25) is 0 Å². The molecule has 0 radical (unpaired) electrons. The van der Waals surface area contributed by atoms with Crippen molar-refractivity contribution >= 4 is 5.96 Å². The van der Waals surface area contributed by atoms with Crippen LogP contribution in [0.15, 0.2) is 11.3 Å². The van der Waals surface area contributed by atoms with E-state index in [-0.39, 0.29) is 5.54 Å². The molecule has 0 spiro atoms. The molecule has 0 saturated heterocycles. The molecule has 6 heteroatoms. The number of aromatic nitrogens is 3. The first-order valence-corrected chi connectivity index (χ1v) is 6.31. The van der Waals surface area contributed by atoms with Gasteiger partial charge in [-0.1, -0.05) is 6.92 Å². The zero-order valence-corrected chi connectivity index (χ0v) is 12.0. The summed E-state index contributed by atoms with van der Waals surface area (Å²) in [7, 11) is 1.78. The maximum Gasteiger partial charge on any atom is 0.191 e. The first-order valence-electron chi connectivity index (χ1n) is 6.31. The summed E-state index contributed by atoms with van der Waals surface area (Å²) >= 11 is 0. The molecule has 2 N–H and O–H groups in total. The topological polar surface area (TPSA) is 67.1 Å². The fourth-order valence-corrected chi connectivity index (χ4v) is 1.57. The van der Waals surface area contributed by atoms with E-state index in [9.17, 15) is 0 Å². The van der Waals surface area contributed by atoms with Crippen molar-refractivity contribution in [3.63, 3.8) is 0 Å². The molecule has 0 fully saturated rings. The molecule has 0 bridgehead atoms. The third-order valence-electron chi connectivity index (χ3n) is 2.37. The Balaban J connectivity index is 2.41. The van der Waals surface area contributed by atoms with E-state index in [0.29, 0.717) is 0 Å². The van der Waals surface area contributed by atoms with Crippen molar-refractivity contribution in [1.82, 2.24) is 25.4 Å². The molecular weight excluding hydrogens is 228 g/mol. The molecule has 0 aliphatic rings. The van der Waals surface area contributed by atoms with Crippen LogP contribution in [0.1, 0.15) is 33.5 Å². The minimum atomic E-state index is 0.00693. The Morgan fingerprint density at radius 3 is 2.72 bits per heavy atom. The van der Waals surface area contributed by atoms with Gasteiger partial charge in [0.15, 0.2) is 5.96 Å². The number of guanidine groups is 1. The molecule has 0 aliphatic heterocycles. The van der Waals surface area contributed by atoms with Crippen LogP contribution in [0, 0.1) is 0 Å². The second-order valence-corrected chi connectivity index (χ2v) is 5.17. The molecular formula is C12H24N6. The molecule has 1 aromatic heterocycles. The number of aryl methyl sites for hydroxylation is 1. The minimum absolute atomic E-state index is 0.00693. The van der Waals surface area contributed by atoms with Crippen molar-refractivity contribution in [2.24, 2.45) is 4.99 Å². The standard InChI is InChI=1S/C12H24N6/c1-6-10-17-15-9-18(10)8-7-14-11(13-5)16-12(2,3)4/h9H,6-8H2,1-5H3,(H2,13,14,16). The van der Waals surface area contributed by atoms with Crippen LogP contribution >= 0.6 is 0 Å². The number of nitrogens with one attached hydrogen (secondary N) is 2. The van der Waals surface area contributed by atoms with E-state index in [4.69, 9.17) is 0 Å². The van der Waals surface area contributed by atoms with Gasteiger partial charge < -0.3 is 15.2 Å². The van der Waals surface area contributed by atoms with Gasteiger partial charge in [0.2, 0.25) is 0 Å². The van der Waals surface area contributed by atoms with Crippen molar-refractivity contribution in [1.29, 1.82) is 0 Å². The number of hydrogen-bond acceptors (Lipinski definition) is 3. The maximum absolute atomic E-state index is 4.19. The van der Waals surface area contributed by atoms with Crippen LogP contribution in [0.5, 0.6) is 0 Å². The van der Waals surface area contributed by atoms with E-state index in [0.717, 1.165) is 31.3 Å². The number of nitrogens with zero attached hydrogens (tertiary/aromatic N) is 4. The van der Waals surface area contributed by atoms with Crippen LogP contribution in [-0.2, 0) is 13.0 Å². The molecule has 0 saturated carbocycles. The summed E-state index contributed by atoms with van der Waals surface area (Å²) in [6.07, 6.45) is 2.66. The molecule has 102 valence electrons. The van der Waals surface area contributed by atoms with Gasteiger partial charge in [0.05, 0.1) is 0 Å². The van der Waals surface area contributed by atoms with Gasteiger partial charge in [0, 0.05) is 32.1 Å². The Labute approximate surface area is 109 Å². The highest BCUT2D eigenvalue weighted by Crippen LogP contribution is 1.98. The molecule has 1 rings (SSSR count). The predicted molar refractivity (Wildman–Crippen MR) is 73.7 cm³/mol. The molecule has 0 aromatic carbocycles. The normalized spacial score (nSPS) is 12.6. The highest BCUT2D eigenvalue weighted by atomic mass is 15.3. The molecule has 0 amide bonds. The van der Waals surface area contributed by atoms with Crippen molar-refractivity contribution in [3.05, 3.63) is 12.2 Å². The minimum Gasteiger partial charge on any atom is -0.355 e. The zero-order chi connectivity index (χ0) is 13.6. The highest BCUT2D eigenvalue weighted by Gasteiger charge is 2.11. The smallest absolute Gasteiger partial charge is 0.191 e. The van der Waals surface area contributed by atoms with Crippen LogP contribution < -0.4 is 10.6 Å². The summed E-state index contributed by atoms with van der Waals surface area (Å²) in [5, 5.41) is 14.6. The van der Waals surface area contributed by atoms with Gasteiger partial charge in [-0.25, -0.2) is 0 Å². The van der Waals surface area contributed by atoms with Crippen molar-refractivity contribution in [3.8, 4) is 0 Å². The fourth-order valence-electron chi connectivity index (χ4n) is 1.57. The van der Waals surface area contributed by atoms with Crippen LogP contribution in [0.25, 0.3) is 0 Å². The Morgan fingerprint density at radius 1 is 1.44 bits per heavy atom. The van der Waals surface area contributed by atoms with Crippen LogP contribution in [0.4, 0.5) is 0 Å². The summed E-state index contributed by atoms with van der Waals surface area (Å²) in [5.41, 5.74) is 0.00693. The van der Waals surface area contributed by atoms with Gasteiger partial charge in [-0.2, -0.15) is 0 Å². The Bertz CT molecular complexity index is 388. The lowest BCUT2D eigenvalue weighted by Crippen LogP contribution is -2.48. The largest absolute Gasteiger partial charge is 0.355 e. The van der Waals surface area contributed by atoms with Gasteiger partial charge in [0.25, 0.3) is 0 Å². The Morgan fingerprint density at radius 2 is 2.17 bits per heavy atom. The van der Waals surface area contributed by atoms with Crippen molar-refractivity contribution in [2.75, 3.05) is 13.6 Å². The zero-order valence-electron chi connectivity index (χ0n) is 12.0. The third kappa shape index (κ3) is 4.73. The first kappa shape index (κ1) is 14.5. The first-order chi connectivity index (χ1) is 8.46. The van der Waals surface area contributed by atoms with Gasteiger partial charge in [-0.05, 0) is 20.8 Å². The van der Waals surface area contributed by atoms with E-state index < -0.39 is 0 Å². The van der Waals surface area contributed by atoms with E-state index >= 15 is 0 Å². The summed E-state index contributed by atoms with van der Waals surface area (Å²) in [6, 6.07) is 0. The van der Waals surface area contributed by atoms with E-state index in [1.54, 1.807) is 13.4 Å². The summed E-state index contributed by atoms with van der Waals surface area (Å²) in [4.78, 5) is 4.19. The quantitative estimate of drug-likeness (QED) is 0.614. The van der Waals surface area contributed by atoms with Crippen LogP contribution in [0.3, 0.4) is 0 Å². The van der Waals surface area contributed by atoms with Gasteiger partial charge >= 0.3 is 0 Å². The van der Waals surface area contributed by atoms with E-state index in [1.165, 1.54) is 0 Å². The number of rotatable bonds is 4. The van der Waals surface area contributed by atoms with Crippen molar-refractivity contribution < 1.29 is 0 Å². The monoisotopic (exact) mass is 252 g/mol. The van der Waals surface area contributed by atoms with Gasteiger partial charge in [-0.15, -0.1) is 10.2 Å². The SMILES string of the molecule is CCc1nncn1CCNC(=NC)NC(C)(C)C. The van der Waals surface area contributed by atoms with Gasteiger partial charge in [0.1, 0.15) is 12.2 Å². The molecule has 6 nitrogen and oxygen atoms in total. The summed E-state index contributed by atoms with van der Waals surface area (Å²) in [5.74, 6) is 1.82. The van der Waals surface area contributed by atoms with Crippen LogP contribution in [-0.4, -0.2) is 39.9 Å². The Kier molecular flexibility index (Phi) is 5.12. The lowest BCUT2D eigenvalue weighted by atomic mass is 10.1. The van der Waals surface area contributed by atoms with Crippen molar-refractivity contribution in [2.45, 2.75) is 46.2 Å². The van der Waals surface area contributed by atoms with E-state index in [2.05, 4.69) is 58.1 Å². The average Bonchev–Trinajstić information content (AvgIpc) is 2.73. The molecule has 0 unspecified atom stereocenters. The third-order valence-corrected chi connectivity index (χ3v) is 2.37. The molecule has 0 aliphatic carbocycles. The Hall–Kier alpha value is -1.59. The number of aliphatic imine (C=N–C) groups is 1. The van der Waals surface area contributed by atoms with Gasteiger partial charge in [-0.3, -0.25) is 4.99 Å². The second-order valence-electron chi connectivity index (χ2n) is 5.17. The highest BCUT2D eigenvalue weighted by molar-refractivity contribution is 5.80. The summed E-state index contributed by atoms with van der Waals surface area (Å²) < 4.78 is 2.05. The lowest BCUT2D eigenvalue weighted by molar-refractivity contribution is 0.499. The maximum atomic E-state index is 4.19.